The summed E-state index contributed by atoms with van der Waals surface area (Å²) in [6.07, 6.45) is 1.43. The van der Waals surface area contributed by atoms with E-state index in [4.69, 9.17) is 11.6 Å². The number of rotatable bonds is 10. The Kier molecular flexibility index (Phi) is 9.97. The van der Waals surface area contributed by atoms with Gasteiger partial charge in [-0.3, -0.25) is 13.9 Å². The van der Waals surface area contributed by atoms with E-state index in [2.05, 4.69) is 5.32 Å². The minimum absolute atomic E-state index is 0.0423. The molecule has 0 fully saturated rings. The van der Waals surface area contributed by atoms with Crippen molar-refractivity contribution in [3.05, 3.63) is 64.7 Å². The lowest BCUT2D eigenvalue weighted by atomic mass is 10.0. The highest BCUT2D eigenvalue weighted by Gasteiger charge is 2.33. The highest BCUT2D eigenvalue weighted by molar-refractivity contribution is 7.92. The molecular weight excluding hydrogens is 498 g/mol. The molecular formula is C27H38ClN3O4S. The van der Waals surface area contributed by atoms with Gasteiger partial charge in [0.15, 0.2) is 0 Å². The summed E-state index contributed by atoms with van der Waals surface area (Å²) in [5.41, 5.74) is 1.43. The van der Waals surface area contributed by atoms with E-state index in [9.17, 15) is 18.0 Å². The third kappa shape index (κ3) is 7.96. The Hall–Kier alpha value is -2.58. The van der Waals surface area contributed by atoms with Gasteiger partial charge in [0.25, 0.3) is 0 Å². The van der Waals surface area contributed by atoms with Crippen molar-refractivity contribution in [3.8, 4) is 0 Å². The molecule has 0 aliphatic heterocycles. The standard InChI is InChI=1S/C27H38ClN3O4S/c1-8-23(26(33)29-27(4,5)6)30(17-20-13-9-11-15-22(20)28)25(32)18-31(36(7,34)35)24-16-12-10-14-21(24)19(2)3/h9-16,19,23H,8,17-18H2,1-7H3,(H,29,33)/t23-/m0/s1. The van der Waals surface area contributed by atoms with Crippen molar-refractivity contribution in [1.29, 1.82) is 0 Å². The third-order valence-electron chi connectivity index (χ3n) is 5.69. The van der Waals surface area contributed by atoms with E-state index in [1.807, 2.05) is 59.7 Å². The Bertz CT molecular complexity index is 1180. The summed E-state index contributed by atoms with van der Waals surface area (Å²) in [4.78, 5) is 28.5. The van der Waals surface area contributed by atoms with Gasteiger partial charge in [0, 0.05) is 17.1 Å². The van der Waals surface area contributed by atoms with Crippen LogP contribution < -0.4 is 9.62 Å². The monoisotopic (exact) mass is 535 g/mol. The van der Waals surface area contributed by atoms with Gasteiger partial charge in [0.1, 0.15) is 12.6 Å². The second kappa shape index (κ2) is 12.1. The molecule has 0 bridgehead atoms. The smallest absolute Gasteiger partial charge is 0.244 e. The van der Waals surface area contributed by atoms with E-state index in [-0.39, 0.29) is 18.4 Å². The van der Waals surface area contributed by atoms with E-state index in [1.165, 1.54) is 4.90 Å². The molecule has 0 heterocycles. The van der Waals surface area contributed by atoms with Crippen LogP contribution in [0.25, 0.3) is 0 Å². The highest BCUT2D eigenvalue weighted by Crippen LogP contribution is 2.29. The Labute approximate surface area is 220 Å². The molecule has 1 N–H and O–H groups in total. The number of amides is 2. The van der Waals surface area contributed by atoms with E-state index in [0.717, 1.165) is 16.1 Å². The second-order valence-corrected chi connectivity index (χ2v) is 12.6. The SMILES string of the molecule is CC[C@@H](C(=O)NC(C)(C)C)N(Cc1ccccc1Cl)C(=O)CN(c1ccccc1C(C)C)S(C)(=O)=O. The maximum atomic E-state index is 13.8. The largest absolute Gasteiger partial charge is 0.350 e. The number of hydrogen-bond acceptors (Lipinski definition) is 4. The number of para-hydroxylation sites is 1. The van der Waals surface area contributed by atoms with Crippen LogP contribution in [-0.2, 0) is 26.2 Å². The minimum Gasteiger partial charge on any atom is -0.350 e. The Morgan fingerprint density at radius 3 is 2.14 bits per heavy atom. The first-order valence-corrected chi connectivity index (χ1v) is 14.3. The predicted octanol–water partition coefficient (Wildman–Crippen LogP) is 4.95. The summed E-state index contributed by atoms with van der Waals surface area (Å²) in [6.45, 7) is 11.0. The lowest BCUT2D eigenvalue weighted by molar-refractivity contribution is -0.141. The second-order valence-electron chi connectivity index (χ2n) is 10.3. The molecule has 0 aliphatic carbocycles. The number of hydrogen-bond donors (Lipinski definition) is 1. The zero-order valence-corrected chi connectivity index (χ0v) is 23.8. The number of nitrogens with one attached hydrogen (secondary N) is 1. The van der Waals surface area contributed by atoms with E-state index >= 15 is 0 Å². The van der Waals surface area contributed by atoms with Crippen molar-refractivity contribution >= 4 is 39.1 Å². The van der Waals surface area contributed by atoms with E-state index < -0.39 is 34.1 Å². The molecule has 0 saturated heterocycles. The van der Waals surface area contributed by atoms with Gasteiger partial charge in [0.05, 0.1) is 11.9 Å². The lowest BCUT2D eigenvalue weighted by Crippen LogP contribution is -2.55. The van der Waals surface area contributed by atoms with Crippen LogP contribution in [0, 0.1) is 0 Å². The number of carbonyl (C=O) groups excluding carboxylic acids is 2. The Balaban J connectivity index is 2.54. The van der Waals surface area contributed by atoms with Crippen LogP contribution in [0.2, 0.25) is 5.02 Å². The van der Waals surface area contributed by atoms with E-state index in [0.29, 0.717) is 22.7 Å². The predicted molar refractivity (Wildman–Crippen MR) is 147 cm³/mol. The third-order valence-corrected chi connectivity index (χ3v) is 7.18. The summed E-state index contributed by atoms with van der Waals surface area (Å²) in [6, 6.07) is 13.4. The molecule has 7 nitrogen and oxygen atoms in total. The minimum atomic E-state index is -3.81. The molecule has 36 heavy (non-hydrogen) atoms. The molecule has 0 radical (unpaired) electrons. The first-order valence-electron chi connectivity index (χ1n) is 12.1. The summed E-state index contributed by atoms with van der Waals surface area (Å²) < 4.78 is 26.9. The topological polar surface area (TPSA) is 86.8 Å². The summed E-state index contributed by atoms with van der Waals surface area (Å²) in [7, 11) is -3.81. The van der Waals surface area contributed by atoms with Gasteiger partial charge in [-0.25, -0.2) is 8.42 Å². The van der Waals surface area contributed by atoms with Crippen LogP contribution in [-0.4, -0.2) is 49.5 Å². The number of nitrogens with zero attached hydrogens (tertiary/aromatic N) is 2. The zero-order chi connectivity index (χ0) is 27.3. The first-order chi connectivity index (χ1) is 16.7. The first kappa shape index (κ1) is 29.6. The average molecular weight is 536 g/mol. The fourth-order valence-corrected chi connectivity index (χ4v) is 5.04. The van der Waals surface area contributed by atoms with Crippen LogP contribution in [0.15, 0.2) is 48.5 Å². The van der Waals surface area contributed by atoms with E-state index in [1.54, 1.807) is 30.3 Å². The molecule has 9 heteroatoms. The molecule has 0 aliphatic rings. The fraction of sp³-hybridized carbons (Fsp3) is 0.481. The van der Waals surface area contributed by atoms with Crippen molar-refractivity contribution in [2.45, 2.75) is 72.0 Å². The van der Waals surface area contributed by atoms with Gasteiger partial charge in [-0.15, -0.1) is 0 Å². The molecule has 0 unspecified atom stereocenters. The molecule has 198 valence electrons. The summed E-state index contributed by atoms with van der Waals surface area (Å²) in [5, 5.41) is 3.41. The lowest BCUT2D eigenvalue weighted by Gasteiger charge is -2.35. The van der Waals surface area contributed by atoms with Crippen molar-refractivity contribution in [2.24, 2.45) is 0 Å². The summed E-state index contributed by atoms with van der Waals surface area (Å²) >= 11 is 6.39. The molecule has 2 rings (SSSR count). The van der Waals surface area contributed by atoms with Crippen molar-refractivity contribution < 1.29 is 18.0 Å². The molecule has 2 aromatic rings. The fourth-order valence-electron chi connectivity index (χ4n) is 3.98. The number of carbonyl (C=O) groups is 2. The molecule has 0 aromatic heterocycles. The van der Waals surface area contributed by atoms with Crippen molar-refractivity contribution in [2.75, 3.05) is 17.1 Å². The van der Waals surface area contributed by atoms with Crippen LogP contribution in [0.3, 0.4) is 0 Å². The van der Waals surface area contributed by atoms with Crippen LogP contribution in [0.4, 0.5) is 5.69 Å². The quantitative estimate of drug-likeness (QED) is 0.466. The summed E-state index contributed by atoms with van der Waals surface area (Å²) in [5.74, 6) is -0.755. The average Bonchev–Trinajstić information content (AvgIpc) is 2.76. The zero-order valence-electron chi connectivity index (χ0n) is 22.2. The van der Waals surface area contributed by atoms with Gasteiger partial charge in [-0.2, -0.15) is 0 Å². The van der Waals surface area contributed by atoms with Gasteiger partial charge in [-0.05, 0) is 56.4 Å². The van der Waals surface area contributed by atoms with Crippen LogP contribution in [0.1, 0.15) is 65.0 Å². The van der Waals surface area contributed by atoms with Crippen molar-refractivity contribution in [3.63, 3.8) is 0 Å². The van der Waals surface area contributed by atoms with Crippen LogP contribution in [0.5, 0.6) is 0 Å². The molecule has 2 amide bonds. The normalized spacial score (nSPS) is 12.8. The Morgan fingerprint density at radius 2 is 1.61 bits per heavy atom. The molecule has 2 aromatic carbocycles. The maximum Gasteiger partial charge on any atom is 0.244 e. The highest BCUT2D eigenvalue weighted by atomic mass is 35.5. The van der Waals surface area contributed by atoms with Gasteiger partial charge < -0.3 is 10.2 Å². The number of benzene rings is 2. The van der Waals surface area contributed by atoms with Crippen molar-refractivity contribution in [1.82, 2.24) is 10.2 Å². The number of anilines is 1. The molecule has 1 atom stereocenters. The Morgan fingerprint density at radius 1 is 1.03 bits per heavy atom. The van der Waals surface area contributed by atoms with Gasteiger partial charge in [-0.1, -0.05) is 68.8 Å². The number of sulfonamides is 1. The van der Waals surface area contributed by atoms with Crippen LogP contribution >= 0.6 is 11.6 Å². The molecule has 0 saturated carbocycles. The molecule has 0 spiro atoms. The van der Waals surface area contributed by atoms with Gasteiger partial charge in [0.2, 0.25) is 21.8 Å². The maximum absolute atomic E-state index is 13.8. The van der Waals surface area contributed by atoms with Gasteiger partial charge >= 0.3 is 0 Å². The number of halogens is 1.